The van der Waals surface area contributed by atoms with Gasteiger partial charge in [0.25, 0.3) is 0 Å². The number of aromatic amines is 1. The molecule has 0 atom stereocenters. The molecule has 0 spiro atoms. The molecule has 2 rings (SSSR count). The summed E-state index contributed by atoms with van der Waals surface area (Å²) in [7, 11) is 1.64. The molecule has 2 aromatic rings. The topological polar surface area (TPSA) is 25.0 Å². The molecule has 1 aromatic carbocycles. The summed E-state index contributed by atoms with van der Waals surface area (Å²) in [4.78, 5) is 3.08. The molecule has 1 radical (unpaired) electrons. The van der Waals surface area contributed by atoms with E-state index in [9.17, 15) is 0 Å². The summed E-state index contributed by atoms with van der Waals surface area (Å²) in [5.41, 5.74) is 1.01. The summed E-state index contributed by atoms with van der Waals surface area (Å²) in [6, 6.07) is 8.85. The van der Waals surface area contributed by atoms with Crippen LogP contribution in [0.3, 0.4) is 0 Å². The summed E-state index contributed by atoms with van der Waals surface area (Å²) < 4.78 is 5.10. The van der Waals surface area contributed by atoms with Gasteiger partial charge in [0.1, 0.15) is 0 Å². The molecule has 0 aliphatic rings. The molecule has 0 fully saturated rings. The van der Waals surface area contributed by atoms with E-state index in [-0.39, 0.29) is 32.7 Å². The molecular weight excluding hydrogens is 227 g/mol. The molecule has 0 aliphatic carbocycles. The van der Waals surface area contributed by atoms with Crippen LogP contribution in [0.5, 0.6) is 5.75 Å². The number of aromatic nitrogens is 1. The Labute approximate surface area is 96.2 Å². The van der Waals surface area contributed by atoms with Crippen molar-refractivity contribution >= 4 is 10.9 Å². The fourth-order valence-electron chi connectivity index (χ4n) is 1.16. The van der Waals surface area contributed by atoms with Crippen LogP contribution in [-0.2, 0) is 32.7 Å². The third-order valence-electron chi connectivity index (χ3n) is 1.69. The minimum Gasteiger partial charge on any atom is -0.521 e. The fraction of sp³-hybridized carbons (Fsp3) is 0.111. The maximum Gasteiger partial charge on any atom is 0.0744 e. The number of methoxy groups -OCH3 is 1. The van der Waals surface area contributed by atoms with E-state index in [0.717, 1.165) is 16.7 Å². The average molecular weight is 235 g/mol. The van der Waals surface area contributed by atoms with Gasteiger partial charge in [0.15, 0.2) is 0 Å². The molecule has 1 heterocycles. The van der Waals surface area contributed by atoms with Crippen molar-refractivity contribution in [3.8, 4) is 5.75 Å². The summed E-state index contributed by atoms with van der Waals surface area (Å²) in [6.07, 6.45) is 1.89. The van der Waals surface area contributed by atoms with Gasteiger partial charge in [0.05, 0.1) is 7.11 Å². The molecule has 1 N–H and O–H groups in total. The molecule has 0 amide bonds. The van der Waals surface area contributed by atoms with Crippen molar-refractivity contribution in [3.05, 3.63) is 30.5 Å². The van der Waals surface area contributed by atoms with Gasteiger partial charge in [-0.3, -0.25) is 0 Å². The second-order valence-corrected chi connectivity index (χ2v) is 2.32. The van der Waals surface area contributed by atoms with Crippen LogP contribution in [0.2, 0.25) is 0 Å². The summed E-state index contributed by atoms with van der Waals surface area (Å²) >= 11 is 0. The number of ether oxygens (including phenoxy) is 1. The normalized spacial score (nSPS) is 9.42. The van der Waals surface area contributed by atoms with Crippen molar-refractivity contribution in [1.29, 1.82) is 0 Å². The van der Waals surface area contributed by atoms with Gasteiger partial charge in [-0.2, -0.15) is 12.1 Å². The zero-order chi connectivity index (χ0) is 7.68. The van der Waals surface area contributed by atoms with Gasteiger partial charge in [0.2, 0.25) is 0 Å². The van der Waals surface area contributed by atoms with Crippen molar-refractivity contribution in [2.45, 2.75) is 0 Å². The zero-order valence-corrected chi connectivity index (χ0v) is 9.63. The Kier molecular flexibility index (Phi) is 3.30. The molecule has 0 bridgehead atoms. The first-order valence-electron chi connectivity index (χ1n) is 3.43. The Morgan fingerprint density at radius 1 is 1.42 bits per heavy atom. The minimum atomic E-state index is 0. The third kappa shape index (κ3) is 1.55. The molecule has 0 saturated carbocycles. The van der Waals surface area contributed by atoms with E-state index in [4.69, 9.17) is 4.74 Å². The average Bonchev–Trinajstić information content (AvgIpc) is 2.50. The van der Waals surface area contributed by atoms with E-state index in [1.54, 1.807) is 7.11 Å². The number of H-pyrrole nitrogens is 1. The van der Waals surface area contributed by atoms with Crippen molar-refractivity contribution < 1.29 is 37.4 Å². The molecule has 12 heavy (non-hydrogen) atoms. The molecule has 0 aliphatic heterocycles. The number of benzene rings is 1. The van der Waals surface area contributed by atoms with Crippen LogP contribution in [0.1, 0.15) is 0 Å². The first kappa shape index (κ1) is 9.75. The molecular formula is C9H8NOY-. The molecule has 3 heteroatoms. The molecule has 0 saturated heterocycles. The summed E-state index contributed by atoms with van der Waals surface area (Å²) in [5.74, 6) is 0.771. The van der Waals surface area contributed by atoms with Crippen molar-refractivity contribution in [3.63, 3.8) is 0 Å². The number of hydrogen-bond acceptors (Lipinski definition) is 1. The Morgan fingerprint density at radius 2 is 2.25 bits per heavy atom. The molecule has 0 unspecified atom stereocenters. The number of rotatable bonds is 1. The van der Waals surface area contributed by atoms with E-state index in [0.29, 0.717) is 0 Å². The zero-order valence-electron chi connectivity index (χ0n) is 6.79. The van der Waals surface area contributed by atoms with Crippen LogP contribution in [-0.4, -0.2) is 12.1 Å². The van der Waals surface area contributed by atoms with Gasteiger partial charge in [-0.15, -0.1) is 11.5 Å². The number of nitrogens with one attached hydrogen (secondary N) is 1. The second-order valence-electron chi connectivity index (χ2n) is 2.32. The van der Waals surface area contributed by atoms with Crippen LogP contribution >= 0.6 is 0 Å². The van der Waals surface area contributed by atoms with Gasteiger partial charge in [-0.1, -0.05) is 6.07 Å². The largest absolute Gasteiger partial charge is 0.521 e. The van der Waals surface area contributed by atoms with Gasteiger partial charge in [-0.05, 0) is 11.7 Å². The predicted molar refractivity (Wildman–Crippen MR) is 43.7 cm³/mol. The van der Waals surface area contributed by atoms with Crippen molar-refractivity contribution in [1.82, 2.24) is 4.98 Å². The Hall–Kier alpha value is -0.336. The molecule has 2 nitrogen and oxygen atoms in total. The fourth-order valence-corrected chi connectivity index (χ4v) is 1.16. The van der Waals surface area contributed by atoms with Gasteiger partial charge in [-0.25, -0.2) is 0 Å². The summed E-state index contributed by atoms with van der Waals surface area (Å²) in [5, 5.41) is 1.15. The Morgan fingerprint density at radius 3 is 3.00 bits per heavy atom. The minimum absolute atomic E-state index is 0. The first-order chi connectivity index (χ1) is 5.42. The van der Waals surface area contributed by atoms with E-state index in [1.807, 2.05) is 24.4 Å². The molecule has 1 aromatic heterocycles. The Bertz CT molecular complexity index is 369. The van der Waals surface area contributed by atoms with Crippen LogP contribution in [0.25, 0.3) is 10.9 Å². The van der Waals surface area contributed by atoms with Gasteiger partial charge >= 0.3 is 0 Å². The summed E-state index contributed by atoms with van der Waals surface area (Å²) in [6.45, 7) is 0. The first-order valence-corrected chi connectivity index (χ1v) is 3.43. The van der Waals surface area contributed by atoms with E-state index in [2.05, 4.69) is 11.1 Å². The Balaban J connectivity index is 0.000000720. The maximum atomic E-state index is 5.10. The second kappa shape index (κ2) is 4.06. The number of fused-ring (bicyclic) bond motifs is 1. The van der Waals surface area contributed by atoms with Crippen LogP contribution < -0.4 is 4.74 Å². The van der Waals surface area contributed by atoms with E-state index >= 15 is 0 Å². The van der Waals surface area contributed by atoms with E-state index < -0.39 is 0 Å². The molecule has 59 valence electrons. The van der Waals surface area contributed by atoms with Crippen LogP contribution in [0, 0.1) is 6.07 Å². The van der Waals surface area contributed by atoms with Gasteiger partial charge < -0.3 is 9.72 Å². The monoisotopic (exact) mass is 235 g/mol. The quantitative estimate of drug-likeness (QED) is 0.751. The maximum absolute atomic E-state index is 5.10. The third-order valence-corrected chi connectivity index (χ3v) is 1.69. The number of hydrogen-bond donors (Lipinski definition) is 1. The standard InChI is InChI=1S/C9H8NO.Y/c1-11-8-4-2-3-7-5-6-10-9(7)8;/h2-3,5-6,10H,1H3;/q-1;. The van der Waals surface area contributed by atoms with Crippen LogP contribution in [0.15, 0.2) is 24.4 Å². The van der Waals surface area contributed by atoms with Crippen molar-refractivity contribution in [2.24, 2.45) is 0 Å². The van der Waals surface area contributed by atoms with Crippen LogP contribution in [0.4, 0.5) is 0 Å². The SMILES string of the molecule is COc1[c-]ccc2cc[nH]c12.[Y]. The van der Waals surface area contributed by atoms with Crippen molar-refractivity contribution in [2.75, 3.05) is 7.11 Å². The smallest absolute Gasteiger partial charge is 0.0744 e. The van der Waals surface area contributed by atoms with Gasteiger partial charge in [0, 0.05) is 38.5 Å². The van der Waals surface area contributed by atoms with E-state index in [1.165, 1.54) is 0 Å². The predicted octanol–water partition coefficient (Wildman–Crippen LogP) is 1.97.